The third kappa shape index (κ3) is 7.43. The predicted molar refractivity (Wildman–Crippen MR) is 156 cm³/mol. The molecule has 3 aromatic rings. The Morgan fingerprint density at radius 1 is 0.976 bits per heavy atom. The van der Waals surface area contributed by atoms with Gasteiger partial charge >= 0.3 is 0 Å². The maximum absolute atomic E-state index is 14.0. The van der Waals surface area contributed by atoms with Crippen LogP contribution >= 0.6 is 0 Å². The van der Waals surface area contributed by atoms with Crippen molar-refractivity contribution in [2.24, 2.45) is 0 Å². The Morgan fingerprint density at radius 2 is 1.59 bits per heavy atom. The van der Waals surface area contributed by atoms with Crippen LogP contribution in [0.4, 0.5) is 10.1 Å². The van der Waals surface area contributed by atoms with E-state index in [4.69, 9.17) is 4.74 Å². The molecule has 1 fully saturated rings. The minimum absolute atomic E-state index is 0.0624. The Labute approximate surface area is 241 Å². The lowest BCUT2D eigenvalue weighted by atomic mass is 10.1. The molecule has 0 radical (unpaired) electrons. The van der Waals surface area contributed by atoms with E-state index >= 15 is 0 Å². The molecule has 2 amide bonds. The SMILES string of the molecule is COc1ccc(S(=O)(=O)N(CC(=O)N(Cc2ccc(C)cc2)[C@H](C)C(=O)NC2CCCC2)c2ccc(F)cc2)cc1. The van der Waals surface area contributed by atoms with Crippen LogP contribution in [0.3, 0.4) is 0 Å². The van der Waals surface area contributed by atoms with Gasteiger partial charge in [-0.3, -0.25) is 13.9 Å². The Bertz CT molecular complexity index is 1440. The van der Waals surface area contributed by atoms with Crippen molar-refractivity contribution in [2.75, 3.05) is 18.0 Å². The van der Waals surface area contributed by atoms with Gasteiger partial charge in [0.15, 0.2) is 0 Å². The smallest absolute Gasteiger partial charge is 0.264 e. The highest BCUT2D eigenvalue weighted by Gasteiger charge is 2.33. The zero-order chi connectivity index (χ0) is 29.6. The zero-order valence-electron chi connectivity index (χ0n) is 23.5. The van der Waals surface area contributed by atoms with Crippen LogP contribution in [0.25, 0.3) is 0 Å². The second-order valence-electron chi connectivity index (χ2n) is 10.3. The number of amides is 2. The van der Waals surface area contributed by atoms with E-state index in [2.05, 4.69) is 5.32 Å². The maximum atomic E-state index is 14.0. The quantitative estimate of drug-likeness (QED) is 0.351. The maximum Gasteiger partial charge on any atom is 0.264 e. The van der Waals surface area contributed by atoms with Crippen molar-refractivity contribution in [3.63, 3.8) is 0 Å². The molecule has 0 heterocycles. The van der Waals surface area contributed by atoms with E-state index < -0.39 is 34.3 Å². The van der Waals surface area contributed by atoms with Crippen LogP contribution < -0.4 is 14.4 Å². The number of ether oxygens (including phenoxy) is 1. The van der Waals surface area contributed by atoms with Gasteiger partial charge in [-0.25, -0.2) is 12.8 Å². The number of halogens is 1. The molecule has 4 rings (SSSR count). The molecule has 0 aromatic heterocycles. The second-order valence-corrected chi connectivity index (χ2v) is 12.2. The third-order valence-corrected chi connectivity index (χ3v) is 9.17. The van der Waals surface area contributed by atoms with Gasteiger partial charge in [0.1, 0.15) is 24.2 Å². The Hall–Kier alpha value is -3.92. The molecule has 0 spiro atoms. The van der Waals surface area contributed by atoms with E-state index in [-0.39, 0.29) is 29.1 Å². The predicted octanol–water partition coefficient (Wildman–Crippen LogP) is 4.81. The summed E-state index contributed by atoms with van der Waals surface area (Å²) < 4.78 is 47.6. The van der Waals surface area contributed by atoms with E-state index in [0.29, 0.717) is 5.75 Å². The lowest BCUT2D eigenvalue weighted by Crippen LogP contribution is -2.52. The molecule has 41 heavy (non-hydrogen) atoms. The molecular weight excluding hydrogens is 545 g/mol. The summed E-state index contributed by atoms with van der Waals surface area (Å²) in [4.78, 5) is 28.6. The van der Waals surface area contributed by atoms with E-state index in [1.54, 1.807) is 6.92 Å². The van der Waals surface area contributed by atoms with Crippen LogP contribution in [0.5, 0.6) is 5.75 Å². The van der Waals surface area contributed by atoms with E-state index in [1.165, 1.54) is 48.4 Å². The van der Waals surface area contributed by atoms with Gasteiger partial charge in [0.25, 0.3) is 10.0 Å². The molecule has 0 aliphatic heterocycles. The number of rotatable bonds is 11. The molecule has 218 valence electrons. The van der Waals surface area contributed by atoms with Gasteiger partial charge in [0, 0.05) is 12.6 Å². The minimum atomic E-state index is -4.26. The summed E-state index contributed by atoms with van der Waals surface area (Å²) in [6.45, 7) is 3.12. The molecule has 1 saturated carbocycles. The average molecular weight is 582 g/mol. The number of nitrogens with zero attached hydrogens (tertiary/aromatic N) is 2. The number of hydrogen-bond donors (Lipinski definition) is 1. The molecule has 3 aromatic carbocycles. The van der Waals surface area contributed by atoms with E-state index in [9.17, 15) is 22.4 Å². The summed E-state index contributed by atoms with van der Waals surface area (Å²) in [5.74, 6) is -0.926. The van der Waals surface area contributed by atoms with Crippen LogP contribution in [0.2, 0.25) is 0 Å². The normalized spacial score (nSPS) is 14.3. The molecule has 1 N–H and O–H groups in total. The topological polar surface area (TPSA) is 96.0 Å². The highest BCUT2D eigenvalue weighted by molar-refractivity contribution is 7.92. The summed E-state index contributed by atoms with van der Waals surface area (Å²) in [6.07, 6.45) is 3.87. The largest absolute Gasteiger partial charge is 0.497 e. The van der Waals surface area contributed by atoms with Crippen molar-refractivity contribution in [1.82, 2.24) is 10.2 Å². The van der Waals surface area contributed by atoms with Gasteiger partial charge in [-0.1, -0.05) is 42.7 Å². The molecular formula is C31H36FN3O5S. The van der Waals surface area contributed by atoms with Crippen molar-refractivity contribution in [3.05, 3.63) is 89.7 Å². The van der Waals surface area contributed by atoms with Gasteiger partial charge in [-0.05, 0) is 80.8 Å². The molecule has 1 atom stereocenters. The van der Waals surface area contributed by atoms with Crippen LogP contribution in [-0.4, -0.2) is 50.9 Å². The monoisotopic (exact) mass is 581 g/mol. The number of carbonyl (C=O) groups excluding carboxylic acids is 2. The second kappa shape index (κ2) is 13.2. The first-order valence-corrected chi connectivity index (χ1v) is 15.1. The van der Waals surface area contributed by atoms with E-state index in [1.807, 2.05) is 31.2 Å². The van der Waals surface area contributed by atoms with Crippen LogP contribution in [0.15, 0.2) is 77.7 Å². The fraction of sp³-hybridized carbons (Fsp3) is 0.355. The zero-order valence-corrected chi connectivity index (χ0v) is 24.4. The van der Waals surface area contributed by atoms with Crippen molar-refractivity contribution in [3.8, 4) is 5.75 Å². The fourth-order valence-electron chi connectivity index (χ4n) is 4.88. The van der Waals surface area contributed by atoms with Crippen molar-refractivity contribution in [2.45, 2.75) is 63.1 Å². The highest BCUT2D eigenvalue weighted by Crippen LogP contribution is 2.26. The van der Waals surface area contributed by atoms with Gasteiger partial charge in [-0.2, -0.15) is 0 Å². The van der Waals surface area contributed by atoms with Crippen molar-refractivity contribution in [1.29, 1.82) is 0 Å². The van der Waals surface area contributed by atoms with Crippen LogP contribution in [0, 0.1) is 12.7 Å². The molecule has 0 saturated heterocycles. The summed E-state index contributed by atoms with van der Waals surface area (Å²) in [5.41, 5.74) is 1.97. The summed E-state index contributed by atoms with van der Waals surface area (Å²) in [7, 11) is -2.78. The summed E-state index contributed by atoms with van der Waals surface area (Å²) in [5, 5.41) is 3.05. The number of hydrogen-bond acceptors (Lipinski definition) is 5. The van der Waals surface area contributed by atoms with E-state index in [0.717, 1.165) is 53.2 Å². The first kappa shape index (κ1) is 30.0. The number of nitrogens with one attached hydrogen (secondary N) is 1. The first-order chi connectivity index (χ1) is 19.6. The summed E-state index contributed by atoms with van der Waals surface area (Å²) >= 11 is 0. The first-order valence-electron chi connectivity index (χ1n) is 13.7. The molecule has 1 aliphatic carbocycles. The highest BCUT2D eigenvalue weighted by atomic mass is 32.2. The number of aryl methyl sites for hydroxylation is 1. The van der Waals surface area contributed by atoms with Crippen LogP contribution in [-0.2, 0) is 26.2 Å². The molecule has 8 nitrogen and oxygen atoms in total. The number of methoxy groups -OCH3 is 1. The third-order valence-electron chi connectivity index (χ3n) is 7.38. The average Bonchev–Trinajstić information content (AvgIpc) is 3.48. The van der Waals surface area contributed by atoms with Gasteiger partial charge in [0.2, 0.25) is 11.8 Å². The van der Waals surface area contributed by atoms with Crippen molar-refractivity contribution < 1.29 is 27.1 Å². The van der Waals surface area contributed by atoms with Crippen LogP contribution in [0.1, 0.15) is 43.7 Å². The van der Waals surface area contributed by atoms with Gasteiger partial charge < -0.3 is 15.0 Å². The number of anilines is 1. The number of sulfonamides is 1. The fourth-order valence-corrected chi connectivity index (χ4v) is 6.29. The molecule has 10 heteroatoms. The minimum Gasteiger partial charge on any atom is -0.497 e. The van der Waals surface area contributed by atoms with Gasteiger partial charge in [-0.15, -0.1) is 0 Å². The Morgan fingerprint density at radius 3 is 2.17 bits per heavy atom. The Kier molecular flexibility index (Phi) is 9.65. The lowest BCUT2D eigenvalue weighted by Gasteiger charge is -2.32. The standard InChI is InChI=1S/C31H36FN3O5S/c1-22-8-10-24(11-9-22)20-34(23(2)31(37)33-26-6-4-5-7-26)30(36)21-35(27-14-12-25(32)13-15-27)41(38,39)29-18-16-28(40-3)17-19-29/h8-19,23,26H,4-7,20-21H2,1-3H3,(H,33,37)/t23-/m1/s1. The van der Waals surface area contributed by atoms with Crippen molar-refractivity contribution >= 4 is 27.5 Å². The lowest BCUT2D eigenvalue weighted by molar-refractivity contribution is -0.139. The Balaban J connectivity index is 1.67. The number of benzene rings is 3. The molecule has 0 unspecified atom stereocenters. The summed E-state index contributed by atoms with van der Waals surface area (Å²) in [6, 6.07) is 17.5. The number of carbonyl (C=O) groups is 2. The van der Waals surface area contributed by atoms with Gasteiger partial charge in [0.05, 0.1) is 17.7 Å². The molecule has 1 aliphatic rings. The molecule has 0 bridgehead atoms.